The van der Waals surface area contributed by atoms with E-state index in [2.05, 4.69) is 29.0 Å². The van der Waals surface area contributed by atoms with Crippen molar-refractivity contribution in [3.63, 3.8) is 0 Å². The first-order valence-electron chi connectivity index (χ1n) is 8.60. The van der Waals surface area contributed by atoms with Crippen molar-refractivity contribution in [2.75, 3.05) is 0 Å². The van der Waals surface area contributed by atoms with E-state index in [1.165, 1.54) is 0 Å². The predicted molar refractivity (Wildman–Crippen MR) is 99.2 cm³/mol. The van der Waals surface area contributed by atoms with E-state index in [0.717, 1.165) is 44.3 Å². The number of rotatable bonds is 1. The lowest BCUT2D eigenvalue weighted by Crippen LogP contribution is -2.32. The fraction of sp³-hybridized carbons (Fsp3) is 0.100. The molecule has 0 aliphatic rings. The average Bonchev–Trinajstić information content (AvgIpc) is 3.35. The highest BCUT2D eigenvalue weighted by atomic mass is 16.5. The highest BCUT2D eigenvalue weighted by Gasteiger charge is 2.26. The molecule has 7 nitrogen and oxygen atoms in total. The van der Waals surface area contributed by atoms with Crippen molar-refractivity contribution in [3.05, 3.63) is 54.7 Å². The molecule has 5 aromatic heterocycles. The zero-order valence-electron chi connectivity index (χ0n) is 14.7. The number of benzene rings is 1. The highest BCUT2D eigenvalue weighted by molar-refractivity contribution is 6.10. The van der Waals surface area contributed by atoms with E-state index < -0.39 is 0 Å². The Hall–Kier alpha value is -3.74. The maximum atomic E-state index is 6.18. The first-order valence-corrected chi connectivity index (χ1v) is 8.60. The maximum Gasteiger partial charge on any atom is 0.312 e. The summed E-state index contributed by atoms with van der Waals surface area (Å²) in [5, 5.41) is 2.03. The van der Waals surface area contributed by atoms with Crippen LogP contribution in [0.15, 0.2) is 58.1 Å². The minimum atomic E-state index is 0.630. The van der Waals surface area contributed by atoms with Crippen LogP contribution in [0.5, 0.6) is 0 Å². The Balaban J connectivity index is 1.82. The van der Waals surface area contributed by atoms with Crippen molar-refractivity contribution in [1.29, 1.82) is 0 Å². The molecule has 130 valence electrons. The number of aromatic nitrogens is 5. The monoisotopic (exact) mass is 356 g/mol. The zero-order valence-corrected chi connectivity index (χ0v) is 14.7. The van der Waals surface area contributed by atoms with Gasteiger partial charge in [-0.3, -0.25) is 0 Å². The third-order valence-electron chi connectivity index (χ3n) is 5.02. The zero-order chi connectivity index (χ0) is 18.1. The van der Waals surface area contributed by atoms with E-state index in [1.807, 2.05) is 29.8 Å². The minimum absolute atomic E-state index is 0.630. The summed E-state index contributed by atoms with van der Waals surface area (Å²) in [6.07, 6.45) is 5.12. The van der Waals surface area contributed by atoms with E-state index in [1.54, 1.807) is 23.4 Å². The lowest BCUT2D eigenvalue weighted by molar-refractivity contribution is -0.662. The van der Waals surface area contributed by atoms with Gasteiger partial charge in [-0.2, -0.15) is 0 Å². The van der Waals surface area contributed by atoms with Gasteiger partial charge in [0.1, 0.15) is 11.8 Å². The summed E-state index contributed by atoms with van der Waals surface area (Å²) >= 11 is 0. The Bertz CT molecular complexity index is 1510. The van der Waals surface area contributed by atoms with Gasteiger partial charge in [-0.1, -0.05) is 12.1 Å². The second-order valence-corrected chi connectivity index (χ2v) is 6.64. The predicted octanol–water partition coefficient (Wildman–Crippen LogP) is 3.57. The van der Waals surface area contributed by atoms with Crippen LogP contribution in [0.25, 0.3) is 50.1 Å². The Morgan fingerprint density at radius 3 is 2.93 bits per heavy atom. The van der Waals surface area contributed by atoms with Crippen LogP contribution >= 0.6 is 0 Å². The third-order valence-corrected chi connectivity index (χ3v) is 5.02. The molecule has 0 aliphatic carbocycles. The number of fused-ring (bicyclic) bond motifs is 6. The van der Waals surface area contributed by atoms with Crippen LogP contribution in [0.2, 0.25) is 0 Å². The van der Waals surface area contributed by atoms with Crippen LogP contribution in [-0.4, -0.2) is 19.5 Å². The molecular weight excluding hydrogens is 342 g/mol. The lowest BCUT2D eigenvalue weighted by Gasteiger charge is -2.07. The molecular formula is C20H14N5O2+. The molecule has 7 heteroatoms. The molecule has 1 aromatic carbocycles. The fourth-order valence-electron chi connectivity index (χ4n) is 3.78. The van der Waals surface area contributed by atoms with Gasteiger partial charge in [0.2, 0.25) is 5.71 Å². The number of hydrogen-bond acceptors (Lipinski definition) is 5. The van der Waals surface area contributed by atoms with Crippen molar-refractivity contribution in [2.45, 2.75) is 6.92 Å². The van der Waals surface area contributed by atoms with Crippen molar-refractivity contribution >= 4 is 38.9 Å². The largest absolute Gasteiger partial charge is 0.437 e. The molecule has 0 saturated heterocycles. The average molecular weight is 356 g/mol. The van der Waals surface area contributed by atoms with Gasteiger partial charge in [0.25, 0.3) is 6.33 Å². The van der Waals surface area contributed by atoms with Crippen LogP contribution in [0.1, 0.15) is 5.56 Å². The number of aryl methyl sites for hydroxylation is 2. The third kappa shape index (κ3) is 1.80. The molecule has 0 unspecified atom stereocenters. The Labute approximate surface area is 152 Å². The van der Waals surface area contributed by atoms with Crippen LogP contribution in [0.4, 0.5) is 0 Å². The van der Waals surface area contributed by atoms with Crippen LogP contribution in [-0.2, 0) is 7.05 Å². The summed E-state index contributed by atoms with van der Waals surface area (Å²) in [5.41, 5.74) is 6.61. The van der Waals surface area contributed by atoms with Gasteiger partial charge in [0.05, 0.1) is 12.6 Å². The van der Waals surface area contributed by atoms with E-state index in [-0.39, 0.29) is 0 Å². The lowest BCUT2D eigenvalue weighted by atomic mass is 10.0. The number of hydrogen-bond donors (Lipinski definition) is 0. The topological polar surface area (TPSA) is 73.2 Å². The molecule has 0 aliphatic heterocycles. The normalized spacial score (nSPS) is 12.1. The Morgan fingerprint density at radius 1 is 1.07 bits per heavy atom. The molecule has 0 bridgehead atoms. The quantitative estimate of drug-likeness (QED) is 0.421. The molecule has 0 spiro atoms. The Morgan fingerprint density at radius 2 is 2.00 bits per heavy atom. The SMILES string of the molecule is Cc1ccc2c(oc3ncccc32)c1-c1c2nc3ccon3c2nc[n+]1C. The van der Waals surface area contributed by atoms with Gasteiger partial charge in [-0.05, 0) is 29.6 Å². The molecule has 0 N–H and O–H groups in total. The van der Waals surface area contributed by atoms with E-state index in [4.69, 9.17) is 13.9 Å². The van der Waals surface area contributed by atoms with Crippen molar-refractivity contribution in [1.82, 2.24) is 19.5 Å². The van der Waals surface area contributed by atoms with Gasteiger partial charge in [-0.15, -0.1) is 4.57 Å². The number of imidazole rings is 1. The van der Waals surface area contributed by atoms with Gasteiger partial charge in [0, 0.05) is 23.0 Å². The van der Waals surface area contributed by atoms with Crippen LogP contribution in [0.3, 0.4) is 0 Å². The van der Waals surface area contributed by atoms with Gasteiger partial charge in [-0.25, -0.2) is 14.5 Å². The Kier molecular flexibility index (Phi) is 2.63. The van der Waals surface area contributed by atoms with Crippen LogP contribution in [0, 0.1) is 6.92 Å². The molecule has 0 fully saturated rings. The van der Waals surface area contributed by atoms with Gasteiger partial charge in [0.15, 0.2) is 16.9 Å². The van der Waals surface area contributed by atoms with Crippen molar-refractivity contribution in [2.24, 2.45) is 7.05 Å². The molecule has 5 heterocycles. The molecule has 6 aromatic rings. The second-order valence-electron chi connectivity index (χ2n) is 6.64. The molecule has 0 atom stereocenters. The maximum absolute atomic E-state index is 6.18. The summed E-state index contributed by atoms with van der Waals surface area (Å²) in [5.74, 6) is 0. The smallest absolute Gasteiger partial charge is 0.312 e. The van der Waals surface area contributed by atoms with Gasteiger partial charge >= 0.3 is 5.65 Å². The summed E-state index contributed by atoms with van der Waals surface area (Å²) < 4.78 is 15.3. The first-order chi connectivity index (χ1) is 13.2. The highest BCUT2D eigenvalue weighted by Crippen LogP contribution is 2.37. The van der Waals surface area contributed by atoms with E-state index in [0.29, 0.717) is 11.4 Å². The summed E-state index contributed by atoms with van der Waals surface area (Å²) in [4.78, 5) is 13.6. The minimum Gasteiger partial charge on any atom is -0.437 e. The van der Waals surface area contributed by atoms with E-state index in [9.17, 15) is 0 Å². The standard InChI is InChI=1S/C20H14N5O2/c1-11-5-6-12-13-4-3-8-21-20(13)27-18(12)15(11)17-16-19(22-10-24(17)2)25-14(23-16)7-9-26-25/h3-10H,1-2H3/q+1. The molecule has 0 radical (unpaired) electrons. The number of furan rings is 1. The molecule has 6 rings (SSSR count). The molecule has 0 amide bonds. The van der Waals surface area contributed by atoms with Gasteiger partial charge < -0.3 is 8.94 Å². The number of pyridine rings is 1. The second kappa shape index (κ2) is 4.91. The summed E-state index contributed by atoms with van der Waals surface area (Å²) in [7, 11) is 1.96. The van der Waals surface area contributed by atoms with Crippen molar-refractivity contribution in [3.8, 4) is 11.3 Å². The fourth-order valence-corrected chi connectivity index (χ4v) is 3.78. The number of nitrogens with zero attached hydrogens (tertiary/aromatic N) is 5. The molecule has 27 heavy (non-hydrogen) atoms. The summed E-state index contributed by atoms with van der Waals surface area (Å²) in [6.45, 7) is 2.07. The summed E-state index contributed by atoms with van der Waals surface area (Å²) in [6, 6.07) is 9.96. The van der Waals surface area contributed by atoms with Crippen LogP contribution < -0.4 is 4.57 Å². The molecule has 0 saturated carbocycles. The first kappa shape index (κ1) is 14.4. The van der Waals surface area contributed by atoms with E-state index >= 15 is 0 Å². The van der Waals surface area contributed by atoms with Crippen molar-refractivity contribution < 1.29 is 13.5 Å².